The van der Waals surface area contributed by atoms with Crippen molar-refractivity contribution in [1.29, 1.82) is 0 Å². The third-order valence-corrected chi connectivity index (χ3v) is 5.04. The number of hydroxylamine groups is 1. The fourth-order valence-electron chi connectivity index (χ4n) is 3.50. The van der Waals surface area contributed by atoms with Gasteiger partial charge in [0.05, 0.1) is 16.8 Å². The van der Waals surface area contributed by atoms with Gasteiger partial charge in [-0.05, 0) is 60.1 Å². The average molecular weight is 460 g/mol. The molecule has 0 unspecified atom stereocenters. The van der Waals surface area contributed by atoms with Crippen LogP contribution in [0.2, 0.25) is 0 Å². The predicted octanol–water partition coefficient (Wildman–Crippen LogP) is 4.94. The SMILES string of the molecule is CC(C)(C)OC(=O)N(OC(=O)c1ccccc1)c1cc([C@@H]2CCC(=O)[C@H]2F)nn1C(C)(C)C. The van der Waals surface area contributed by atoms with Gasteiger partial charge in [-0.1, -0.05) is 23.3 Å². The zero-order chi connectivity index (χ0) is 24.6. The lowest BCUT2D eigenvalue weighted by Crippen LogP contribution is -2.41. The Morgan fingerprint density at radius 3 is 2.27 bits per heavy atom. The number of ether oxygens (including phenoxy) is 1. The van der Waals surface area contributed by atoms with Crippen LogP contribution in [0.5, 0.6) is 0 Å². The molecule has 1 aliphatic rings. The van der Waals surface area contributed by atoms with E-state index in [2.05, 4.69) is 5.10 Å². The number of carbonyl (C=O) groups is 3. The monoisotopic (exact) mass is 459 g/mol. The number of benzene rings is 1. The van der Waals surface area contributed by atoms with Gasteiger partial charge in [0.2, 0.25) is 0 Å². The largest absolute Gasteiger partial charge is 0.450 e. The number of anilines is 1. The number of ketones is 1. The molecule has 178 valence electrons. The normalized spacial score (nSPS) is 18.8. The van der Waals surface area contributed by atoms with E-state index in [4.69, 9.17) is 9.57 Å². The predicted molar refractivity (Wildman–Crippen MR) is 120 cm³/mol. The molecule has 3 rings (SSSR count). The number of aromatic nitrogens is 2. The number of halogens is 1. The summed E-state index contributed by atoms with van der Waals surface area (Å²) in [6.07, 6.45) is -2.15. The number of alkyl halides is 1. The molecular formula is C24H30FN3O5. The molecule has 9 heteroatoms. The highest BCUT2D eigenvalue weighted by Crippen LogP contribution is 2.37. The van der Waals surface area contributed by atoms with E-state index in [1.54, 1.807) is 51.1 Å². The van der Waals surface area contributed by atoms with Crippen molar-refractivity contribution in [2.24, 2.45) is 0 Å². The number of nitrogens with zero attached hydrogens (tertiary/aromatic N) is 3. The standard InChI is InChI=1S/C24H30FN3O5/c1-23(2,3)28-19(14-17(26-28)16-12-13-18(29)20(16)25)27(22(31)32-24(4,5)6)33-21(30)15-10-8-7-9-11-15/h7-11,14,16,20H,12-13H2,1-6H3/t16-,20-/m0/s1. The van der Waals surface area contributed by atoms with Crippen LogP contribution in [0.15, 0.2) is 36.4 Å². The van der Waals surface area contributed by atoms with E-state index in [1.165, 1.54) is 10.7 Å². The van der Waals surface area contributed by atoms with Gasteiger partial charge in [-0.3, -0.25) is 4.79 Å². The van der Waals surface area contributed by atoms with Crippen molar-refractivity contribution in [1.82, 2.24) is 9.78 Å². The molecule has 1 amide bonds. The first-order valence-electron chi connectivity index (χ1n) is 10.9. The molecule has 1 aromatic carbocycles. The second kappa shape index (κ2) is 8.96. The number of amides is 1. The molecule has 2 atom stereocenters. The number of hydrogen-bond acceptors (Lipinski definition) is 6. The van der Waals surface area contributed by atoms with Gasteiger partial charge in [0.1, 0.15) is 5.60 Å². The van der Waals surface area contributed by atoms with Gasteiger partial charge in [0.15, 0.2) is 17.8 Å². The van der Waals surface area contributed by atoms with Crippen LogP contribution in [0.3, 0.4) is 0 Å². The minimum Gasteiger partial charge on any atom is -0.441 e. The van der Waals surface area contributed by atoms with Gasteiger partial charge in [0, 0.05) is 18.4 Å². The molecule has 0 bridgehead atoms. The molecule has 0 radical (unpaired) electrons. The summed E-state index contributed by atoms with van der Waals surface area (Å²) in [5.41, 5.74) is -0.992. The van der Waals surface area contributed by atoms with E-state index in [9.17, 15) is 18.8 Å². The summed E-state index contributed by atoms with van der Waals surface area (Å²) in [7, 11) is 0. The summed E-state index contributed by atoms with van der Waals surface area (Å²) in [6.45, 7) is 10.6. The van der Waals surface area contributed by atoms with Crippen molar-refractivity contribution in [3.05, 3.63) is 47.7 Å². The Bertz CT molecular complexity index is 1040. The second-order valence-corrected chi connectivity index (χ2v) is 10.0. The van der Waals surface area contributed by atoms with E-state index in [0.29, 0.717) is 12.1 Å². The van der Waals surface area contributed by atoms with Crippen LogP contribution in [-0.4, -0.2) is 39.4 Å². The van der Waals surface area contributed by atoms with Gasteiger partial charge in [-0.15, -0.1) is 0 Å². The van der Waals surface area contributed by atoms with Gasteiger partial charge >= 0.3 is 12.1 Å². The topological polar surface area (TPSA) is 90.7 Å². The Hall–Kier alpha value is -3.23. The molecule has 33 heavy (non-hydrogen) atoms. The minimum atomic E-state index is -1.66. The van der Waals surface area contributed by atoms with Gasteiger partial charge < -0.3 is 9.57 Å². The van der Waals surface area contributed by atoms with Crippen molar-refractivity contribution in [2.75, 3.05) is 5.06 Å². The Morgan fingerprint density at radius 2 is 1.76 bits per heavy atom. The third kappa shape index (κ3) is 5.58. The van der Waals surface area contributed by atoms with Crippen LogP contribution >= 0.6 is 0 Å². The molecule has 0 aliphatic heterocycles. The van der Waals surface area contributed by atoms with E-state index in [1.807, 2.05) is 20.8 Å². The van der Waals surface area contributed by atoms with Crippen molar-refractivity contribution in [3.8, 4) is 0 Å². The molecular weight excluding hydrogens is 429 g/mol. The van der Waals surface area contributed by atoms with E-state index in [0.717, 1.165) is 5.06 Å². The first kappa shape index (κ1) is 24.4. The van der Waals surface area contributed by atoms with Crippen LogP contribution in [0.4, 0.5) is 15.0 Å². The first-order chi connectivity index (χ1) is 15.3. The van der Waals surface area contributed by atoms with Gasteiger partial charge in [-0.25, -0.2) is 18.7 Å². The van der Waals surface area contributed by atoms with E-state index < -0.39 is 41.1 Å². The highest BCUT2D eigenvalue weighted by atomic mass is 19.1. The Morgan fingerprint density at radius 1 is 1.12 bits per heavy atom. The molecule has 1 aromatic heterocycles. The molecule has 1 aliphatic carbocycles. The minimum absolute atomic E-state index is 0.0996. The zero-order valence-electron chi connectivity index (χ0n) is 19.8. The number of carbonyl (C=O) groups excluding carboxylic acids is 3. The first-order valence-corrected chi connectivity index (χ1v) is 10.9. The number of Topliss-reactive ketones (excluding diaryl/α,β-unsaturated/α-hetero) is 1. The summed E-state index contributed by atoms with van der Waals surface area (Å²) in [6, 6.07) is 9.68. The molecule has 8 nitrogen and oxygen atoms in total. The van der Waals surface area contributed by atoms with Crippen molar-refractivity contribution >= 4 is 23.7 Å². The zero-order valence-corrected chi connectivity index (χ0v) is 19.8. The summed E-state index contributed by atoms with van der Waals surface area (Å²) < 4.78 is 21.5. The lowest BCUT2D eigenvalue weighted by Gasteiger charge is -2.29. The van der Waals surface area contributed by atoms with Crippen molar-refractivity contribution in [3.63, 3.8) is 0 Å². The lowest BCUT2D eigenvalue weighted by atomic mass is 10.0. The fourth-order valence-corrected chi connectivity index (χ4v) is 3.50. The fraction of sp³-hybridized carbons (Fsp3) is 0.500. The highest BCUT2D eigenvalue weighted by Gasteiger charge is 2.40. The van der Waals surface area contributed by atoms with Crippen LogP contribution < -0.4 is 5.06 Å². The lowest BCUT2D eigenvalue weighted by molar-refractivity contribution is -0.121. The van der Waals surface area contributed by atoms with E-state index in [-0.39, 0.29) is 17.8 Å². The molecule has 1 saturated carbocycles. The maximum atomic E-state index is 14.5. The molecule has 0 spiro atoms. The highest BCUT2D eigenvalue weighted by molar-refractivity contribution is 5.94. The van der Waals surface area contributed by atoms with Crippen molar-refractivity contribution < 1.29 is 28.3 Å². The Kier molecular flexibility index (Phi) is 6.63. The Balaban J connectivity index is 2.06. The number of rotatable bonds is 3. The summed E-state index contributed by atoms with van der Waals surface area (Å²) >= 11 is 0. The summed E-state index contributed by atoms with van der Waals surface area (Å²) in [5.74, 6) is -1.87. The third-order valence-electron chi connectivity index (χ3n) is 5.04. The van der Waals surface area contributed by atoms with Gasteiger partial charge in [-0.2, -0.15) is 5.10 Å². The Labute approximate surface area is 192 Å². The van der Waals surface area contributed by atoms with Gasteiger partial charge in [0.25, 0.3) is 0 Å². The summed E-state index contributed by atoms with van der Waals surface area (Å²) in [5, 5.41) is 5.25. The van der Waals surface area contributed by atoms with Crippen molar-refractivity contribution in [2.45, 2.75) is 77.6 Å². The molecule has 2 aromatic rings. The van der Waals surface area contributed by atoms with Crippen LogP contribution in [-0.2, 0) is 19.9 Å². The maximum Gasteiger partial charge on any atom is 0.450 e. The molecule has 0 saturated heterocycles. The molecule has 1 fully saturated rings. The number of hydrogen-bond donors (Lipinski definition) is 0. The van der Waals surface area contributed by atoms with Crippen LogP contribution in [0.25, 0.3) is 0 Å². The second-order valence-electron chi connectivity index (χ2n) is 10.0. The molecule has 0 N–H and O–H groups in total. The van der Waals surface area contributed by atoms with Crippen LogP contribution in [0.1, 0.15) is 76.4 Å². The maximum absolute atomic E-state index is 14.5. The molecule has 1 heterocycles. The van der Waals surface area contributed by atoms with E-state index >= 15 is 0 Å². The van der Waals surface area contributed by atoms with Crippen LogP contribution in [0, 0.1) is 0 Å². The average Bonchev–Trinajstić information content (AvgIpc) is 3.29. The smallest absolute Gasteiger partial charge is 0.441 e. The quantitative estimate of drug-likeness (QED) is 0.604. The summed E-state index contributed by atoms with van der Waals surface area (Å²) in [4.78, 5) is 43.2.